The molecule has 6 nitrogen and oxygen atoms in total. The molecule has 0 heterocycles. The molecule has 0 aliphatic carbocycles. The highest BCUT2D eigenvalue weighted by atomic mass is 16.4. The molecule has 6 heteroatoms. The number of carboxylic acid groups (broad SMARTS) is 1. The summed E-state index contributed by atoms with van der Waals surface area (Å²) < 4.78 is 0. The van der Waals surface area contributed by atoms with Gasteiger partial charge in [-0.1, -0.05) is 35.4 Å². The van der Waals surface area contributed by atoms with Crippen LogP contribution in [-0.2, 0) is 4.79 Å². The molecule has 0 aliphatic rings. The van der Waals surface area contributed by atoms with Crippen LogP contribution in [0.25, 0.3) is 0 Å². The average Bonchev–Trinajstić information content (AvgIpc) is 2.65. The first-order valence-corrected chi connectivity index (χ1v) is 8.79. The third-order valence-corrected chi connectivity index (χ3v) is 4.31. The molecule has 0 saturated heterocycles. The number of carbonyl (C=O) groups is 3. The summed E-state index contributed by atoms with van der Waals surface area (Å²) in [6, 6.07) is 12.1. The molecule has 3 N–H and O–H groups in total. The molecule has 0 radical (unpaired) electrons. The van der Waals surface area contributed by atoms with Crippen molar-refractivity contribution < 1.29 is 19.5 Å². The molecule has 0 unspecified atom stereocenters. The third kappa shape index (κ3) is 5.01. The van der Waals surface area contributed by atoms with Crippen molar-refractivity contribution in [2.75, 3.05) is 6.54 Å². The highest BCUT2D eigenvalue weighted by Gasteiger charge is 2.35. The van der Waals surface area contributed by atoms with Gasteiger partial charge >= 0.3 is 5.97 Å². The van der Waals surface area contributed by atoms with E-state index in [1.54, 1.807) is 48.5 Å². The number of amides is 2. The maximum absolute atomic E-state index is 13.1. The van der Waals surface area contributed by atoms with Crippen molar-refractivity contribution in [3.05, 3.63) is 70.8 Å². The van der Waals surface area contributed by atoms with Crippen molar-refractivity contribution in [3.63, 3.8) is 0 Å². The summed E-state index contributed by atoms with van der Waals surface area (Å²) >= 11 is 0. The van der Waals surface area contributed by atoms with E-state index in [1.165, 1.54) is 0 Å². The predicted molar refractivity (Wildman–Crippen MR) is 103 cm³/mol. The molecule has 0 fully saturated rings. The monoisotopic (exact) mass is 368 g/mol. The van der Waals surface area contributed by atoms with Gasteiger partial charge in [0.2, 0.25) is 0 Å². The van der Waals surface area contributed by atoms with Crippen LogP contribution < -0.4 is 5.73 Å². The molecule has 0 saturated carbocycles. The Kier molecular flexibility index (Phi) is 6.85. The van der Waals surface area contributed by atoms with Gasteiger partial charge in [0.05, 0.1) is 0 Å². The number of nitrogens with zero attached hydrogens (tertiary/aromatic N) is 1. The first kappa shape index (κ1) is 20.3. The second-order valence-corrected chi connectivity index (χ2v) is 6.50. The maximum Gasteiger partial charge on any atom is 0.326 e. The lowest BCUT2D eigenvalue weighted by Gasteiger charge is -2.27. The van der Waals surface area contributed by atoms with E-state index in [1.807, 2.05) is 13.8 Å². The Labute approximate surface area is 158 Å². The van der Waals surface area contributed by atoms with Gasteiger partial charge in [-0.15, -0.1) is 0 Å². The van der Waals surface area contributed by atoms with Crippen molar-refractivity contribution in [1.82, 2.24) is 4.90 Å². The number of nitrogens with two attached hydrogens (primary N) is 1. The lowest BCUT2D eigenvalue weighted by atomic mass is 10.0. The van der Waals surface area contributed by atoms with E-state index in [9.17, 15) is 19.5 Å². The normalized spacial score (nSPS) is 11.7. The summed E-state index contributed by atoms with van der Waals surface area (Å²) in [6.07, 6.45) is 0.483. The molecule has 0 spiro atoms. The van der Waals surface area contributed by atoms with Crippen molar-refractivity contribution >= 4 is 17.8 Å². The number of hydrogen-bond acceptors (Lipinski definition) is 4. The Balaban J connectivity index is 2.47. The van der Waals surface area contributed by atoms with Gasteiger partial charge in [-0.2, -0.15) is 0 Å². The standard InChI is InChI=1S/C21H24N2O4/c1-14-5-9-16(10-6-14)19(24)23(18(21(26)27)4-3-13-22)20(25)17-11-7-15(2)8-12-17/h5-12,18H,3-4,13,22H2,1-2H3,(H,26,27)/t18-/m0/s1. The van der Waals surface area contributed by atoms with Crippen LogP contribution in [0.1, 0.15) is 44.7 Å². The number of imide groups is 1. The highest BCUT2D eigenvalue weighted by Crippen LogP contribution is 2.18. The summed E-state index contributed by atoms with van der Waals surface area (Å²) in [6.45, 7) is 4.03. The predicted octanol–water partition coefficient (Wildman–Crippen LogP) is 2.78. The summed E-state index contributed by atoms with van der Waals surface area (Å²) in [7, 11) is 0. The molecule has 0 aromatic heterocycles. The van der Waals surface area contributed by atoms with E-state index in [-0.39, 0.29) is 24.1 Å². The topological polar surface area (TPSA) is 101 Å². The van der Waals surface area contributed by atoms with Gasteiger partial charge < -0.3 is 10.8 Å². The van der Waals surface area contributed by atoms with Crippen molar-refractivity contribution in [2.45, 2.75) is 32.7 Å². The molecular formula is C21H24N2O4. The molecule has 27 heavy (non-hydrogen) atoms. The van der Waals surface area contributed by atoms with Gasteiger partial charge in [0.1, 0.15) is 6.04 Å². The molecule has 1 atom stereocenters. The van der Waals surface area contributed by atoms with Gasteiger partial charge in [-0.3, -0.25) is 14.5 Å². The van der Waals surface area contributed by atoms with Crippen molar-refractivity contribution in [2.24, 2.45) is 5.73 Å². The van der Waals surface area contributed by atoms with E-state index < -0.39 is 23.8 Å². The Hall–Kier alpha value is -2.99. The first-order valence-electron chi connectivity index (χ1n) is 8.79. The maximum atomic E-state index is 13.1. The number of aryl methyl sites for hydroxylation is 2. The summed E-state index contributed by atoms with van der Waals surface area (Å²) in [4.78, 5) is 38.8. The number of hydrogen-bond donors (Lipinski definition) is 2. The summed E-state index contributed by atoms with van der Waals surface area (Å²) in [5, 5.41) is 9.66. The van der Waals surface area contributed by atoms with E-state index >= 15 is 0 Å². The lowest BCUT2D eigenvalue weighted by molar-refractivity contribution is -0.141. The fourth-order valence-electron chi connectivity index (χ4n) is 2.72. The zero-order chi connectivity index (χ0) is 20.0. The van der Waals surface area contributed by atoms with Gasteiger partial charge in [0.15, 0.2) is 0 Å². The second kappa shape index (κ2) is 9.09. The van der Waals surface area contributed by atoms with Crippen LogP contribution in [0, 0.1) is 13.8 Å². The van der Waals surface area contributed by atoms with Crippen LogP contribution >= 0.6 is 0 Å². The third-order valence-electron chi connectivity index (χ3n) is 4.31. The molecule has 0 bridgehead atoms. The van der Waals surface area contributed by atoms with E-state index in [2.05, 4.69) is 0 Å². The Bertz CT molecular complexity index is 756. The Morgan fingerprint density at radius 3 is 1.63 bits per heavy atom. The van der Waals surface area contributed by atoms with Gasteiger partial charge in [-0.25, -0.2) is 4.79 Å². The minimum absolute atomic E-state index is 0.0983. The first-order chi connectivity index (χ1) is 12.8. The molecule has 2 rings (SSSR count). The SMILES string of the molecule is Cc1ccc(C(=O)N(C(=O)c2ccc(C)cc2)[C@@H](CCCN)C(=O)O)cc1. The fraction of sp³-hybridized carbons (Fsp3) is 0.286. The number of benzene rings is 2. The molecular weight excluding hydrogens is 344 g/mol. The summed E-state index contributed by atoms with van der Waals surface area (Å²) in [5.41, 5.74) is 7.95. The molecule has 2 aromatic carbocycles. The molecule has 2 amide bonds. The largest absolute Gasteiger partial charge is 0.480 e. The zero-order valence-electron chi connectivity index (χ0n) is 15.5. The highest BCUT2D eigenvalue weighted by molar-refractivity contribution is 6.12. The second-order valence-electron chi connectivity index (χ2n) is 6.50. The summed E-state index contributed by atoms with van der Waals surface area (Å²) in [5.74, 6) is -2.50. The van der Waals surface area contributed by atoms with Crippen LogP contribution in [0.5, 0.6) is 0 Å². The molecule has 2 aromatic rings. The van der Waals surface area contributed by atoms with E-state index in [0.717, 1.165) is 16.0 Å². The molecule has 0 aliphatic heterocycles. The van der Waals surface area contributed by atoms with E-state index in [4.69, 9.17) is 5.73 Å². The number of rotatable bonds is 7. The quantitative estimate of drug-likeness (QED) is 0.732. The average molecular weight is 368 g/mol. The van der Waals surface area contributed by atoms with Gasteiger partial charge in [0.25, 0.3) is 11.8 Å². The Morgan fingerprint density at radius 2 is 1.30 bits per heavy atom. The smallest absolute Gasteiger partial charge is 0.326 e. The fourth-order valence-corrected chi connectivity index (χ4v) is 2.72. The van der Waals surface area contributed by atoms with Crippen LogP contribution in [0.4, 0.5) is 0 Å². The lowest BCUT2D eigenvalue weighted by Crippen LogP contribution is -2.49. The molecule has 142 valence electrons. The number of carbonyl (C=O) groups excluding carboxylic acids is 2. The van der Waals surface area contributed by atoms with Crippen LogP contribution in [0.2, 0.25) is 0 Å². The Morgan fingerprint density at radius 1 is 0.889 bits per heavy atom. The van der Waals surface area contributed by atoms with E-state index in [0.29, 0.717) is 6.42 Å². The van der Waals surface area contributed by atoms with Crippen LogP contribution in [0.15, 0.2) is 48.5 Å². The minimum Gasteiger partial charge on any atom is -0.480 e. The van der Waals surface area contributed by atoms with Crippen molar-refractivity contribution in [1.29, 1.82) is 0 Å². The minimum atomic E-state index is -1.28. The number of aliphatic carboxylic acids is 1. The van der Waals surface area contributed by atoms with Crippen LogP contribution in [-0.4, -0.2) is 40.4 Å². The zero-order valence-corrected chi connectivity index (χ0v) is 15.5. The van der Waals surface area contributed by atoms with Crippen molar-refractivity contribution in [3.8, 4) is 0 Å². The van der Waals surface area contributed by atoms with Crippen LogP contribution in [0.3, 0.4) is 0 Å². The van der Waals surface area contributed by atoms with Gasteiger partial charge in [-0.05, 0) is 57.5 Å². The number of carboxylic acids is 1. The van der Waals surface area contributed by atoms with Gasteiger partial charge in [0, 0.05) is 11.1 Å².